The predicted octanol–water partition coefficient (Wildman–Crippen LogP) is 2.76. The van der Waals surface area contributed by atoms with Crippen molar-refractivity contribution in [1.82, 2.24) is 9.78 Å². The van der Waals surface area contributed by atoms with Crippen LogP contribution >= 0.6 is 15.9 Å². The van der Waals surface area contributed by atoms with Gasteiger partial charge in [0.15, 0.2) is 0 Å². The normalized spacial score (nSPS) is 16.8. The zero-order chi connectivity index (χ0) is 12.8. The van der Waals surface area contributed by atoms with Crippen LogP contribution in [0, 0.1) is 5.82 Å². The summed E-state index contributed by atoms with van der Waals surface area (Å²) in [7, 11) is 0. The molecule has 0 radical (unpaired) electrons. The molecule has 2 aromatic rings. The zero-order valence-electron chi connectivity index (χ0n) is 9.74. The van der Waals surface area contributed by atoms with Crippen molar-refractivity contribution in [2.45, 2.75) is 18.3 Å². The van der Waals surface area contributed by atoms with E-state index >= 15 is 0 Å². The summed E-state index contributed by atoms with van der Waals surface area (Å²) in [6.45, 7) is 0.603. The molecule has 0 amide bonds. The van der Waals surface area contributed by atoms with E-state index in [0.29, 0.717) is 6.54 Å². The number of aromatic nitrogens is 2. The third-order valence-electron chi connectivity index (χ3n) is 3.49. The molecular weight excluding hydrogens is 297 g/mol. The van der Waals surface area contributed by atoms with Gasteiger partial charge in [0.2, 0.25) is 0 Å². The van der Waals surface area contributed by atoms with Gasteiger partial charge < -0.3 is 5.73 Å². The van der Waals surface area contributed by atoms with Gasteiger partial charge in [0, 0.05) is 18.2 Å². The van der Waals surface area contributed by atoms with Crippen molar-refractivity contribution in [3.63, 3.8) is 0 Å². The summed E-state index contributed by atoms with van der Waals surface area (Å²) in [6.07, 6.45) is 4.00. The van der Waals surface area contributed by atoms with E-state index < -0.39 is 0 Å². The van der Waals surface area contributed by atoms with E-state index in [-0.39, 0.29) is 11.2 Å². The Morgan fingerprint density at radius 3 is 2.83 bits per heavy atom. The second kappa shape index (κ2) is 4.17. The van der Waals surface area contributed by atoms with Crippen molar-refractivity contribution in [2.75, 3.05) is 6.54 Å². The minimum Gasteiger partial charge on any atom is -0.330 e. The molecule has 0 spiro atoms. The molecule has 94 valence electrons. The van der Waals surface area contributed by atoms with Gasteiger partial charge in [-0.15, -0.1) is 0 Å². The third-order valence-corrected chi connectivity index (χ3v) is 4.07. The van der Waals surface area contributed by atoms with E-state index in [9.17, 15) is 4.39 Å². The second-order valence-electron chi connectivity index (χ2n) is 4.73. The summed E-state index contributed by atoms with van der Waals surface area (Å²) in [6, 6.07) is 6.39. The number of halogens is 2. The van der Waals surface area contributed by atoms with E-state index in [1.165, 1.54) is 12.1 Å². The molecule has 1 fully saturated rings. The number of nitrogens with zero attached hydrogens (tertiary/aromatic N) is 2. The Kier molecular flexibility index (Phi) is 2.75. The van der Waals surface area contributed by atoms with Gasteiger partial charge in [0.05, 0.1) is 15.9 Å². The van der Waals surface area contributed by atoms with Crippen LogP contribution in [-0.4, -0.2) is 16.3 Å². The molecule has 5 heteroatoms. The second-order valence-corrected chi connectivity index (χ2v) is 5.59. The Hall–Kier alpha value is -1.20. The molecule has 3 nitrogen and oxygen atoms in total. The van der Waals surface area contributed by atoms with Crippen LogP contribution in [0.4, 0.5) is 4.39 Å². The van der Waals surface area contributed by atoms with Gasteiger partial charge in [-0.3, -0.25) is 0 Å². The fraction of sp³-hybridized carbons (Fsp3) is 0.308. The minimum atomic E-state index is -0.263. The fourth-order valence-corrected chi connectivity index (χ4v) is 2.85. The lowest BCUT2D eigenvalue weighted by molar-refractivity contribution is 0.623. The Balaban J connectivity index is 2.03. The molecule has 1 aliphatic carbocycles. The van der Waals surface area contributed by atoms with Crippen molar-refractivity contribution < 1.29 is 4.39 Å². The van der Waals surface area contributed by atoms with Crippen LogP contribution in [0.1, 0.15) is 18.5 Å². The monoisotopic (exact) mass is 309 g/mol. The maximum Gasteiger partial charge on any atom is 0.125 e. The minimum absolute atomic E-state index is 0.0252. The number of benzene rings is 1. The van der Waals surface area contributed by atoms with Crippen molar-refractivity contribution >= 4 is 15.9 Å². The topological polar surface area (TPSA) is 43.8 Å². The highest BCUT2D eigenvalue weighted by Gasteiger charge is 2.46. The van der Waals surface area contributed by atoms with Gasteiger partial charge >= 0.3 is 0 Å². The Labute approximate surface area is 113 Å². The van der Waals surface area contributed by atoms with Gasteiger partial charge in [0.1, 0.15) is 5.82 Å². The summed E-state index contributed by atoms with van der Waals surface area (Å²) in [5, 5.41) is 4.55. The quantitative estimate of drug-likeness (QED) is 0.947. The lowest BCUT2D eigenvalue weighted by Gasteiger charge is -2.09. The van der Waals surface area contributed by atoms with Crippen molar-refractivity contribution in [1.29, 1.82) is 0 Å². The van der Waals surface area contributed by atoms with Gasteiger partial charge in [0.25, 0.3) is 0 Å². The first-order valence-corrected chi connectivity index (χ1v) is 6.66. The van der Waals surface area contributed by atoms with Crippen LogP contribution in [0.2, 0.25) is 0 Å². The van der Waals surface area contributed by atoms with Crippen molar-refractivity contribution in [2.24, 2.45) is 5.73 Å². The molecule has 0 bridgehead atoms. The number of rotatable bonds is 3. The Bertz CT molecular complexity index is 590. The standard InChI is InChI=1S/C13H13BrFN3/c14-11-7-18(10-3-1-2-9(15)6-10)17-12(11)13(8-16)4-5-13/h1-3,6-7H,4-5,8,16H2. The SMILES string of the molecule is NCC1(c2nn(-c3cccc(F)c3)cc2Br)CC1. The largest absolute Gasteiger partial charge is 0.330 e. The maximum absolute atomic E-state index is 13.2. The summed E-state index contributed by atoms with van der Waals surface area (Å²) < 4.78 is 15.8. The molecule has 18 heavy (non-hydrogen) atoms. The van der Waals surface area contributed by atoms with E-state index in [1.54, 1.807) is 10.7 Å². The first kappa shape index (κ1) is 11.9. The van der Waals surface area contributed by atoms with Crippen LogP contribution in [0.25, 0.3) is 5.69 Å². The predicted molar refractivity (Wildman–Crippen MR) is 71.2 cm³/mol. The van der Waals surface area contributed by atoms with Gasteiger partial charge in [-0.05, 0) is 47.0 Å². The lowest BCUT2D eigenvalue weighted by atomic mass is 10.0. The van der Waals surface area contributed by atoms with Crippen LogP contribution < -0.4 is 5.73 Å². The summed E-state index contributed by atoms with van der Waals surface area (Å²) in [5.74, 6) is -0.263. The smallest absolute Gasteiger partial charge is 0.125 e. The number of hydrogen-bond donors (Lipinski definition) is 1. The molecule has 1 aromatic heterocycles. The summed E-state index contributed by atoms with van der Waals surface area (Å²) in [5.41, 5.74) is 7.54. The number of hydrogen-bond acceptors (Lipinski definition) is 2. The highest BCUT2D eigenvalue weighted by atomic mass is 79.9. The van der Waals surface area contributed by atoms with Crippen LogP contribution in [0.3, 0.4) is 0 Å². The van der Waals surface area contributed by atoms with E-state index in [0.717, 1.165) is 28.7 Å². The molecular formula is C13H13BrFN3. The van der Waals surface area contributed by atoms with Gasteiger partial charge in [-0.2, -0.15) is 5.10 Å². The first-order valence-electron chi connectivity index (χ1n) is 5.86. The molecule has 1 saturated carbocycles. The highest BCUT2D eigenvalue weighted by molar-refractivity contribution is 9.10. The average molecular weight is 310 g/mol. The van der Waals surface area contributed by atoms with E-state index in [4.69, 9.17) is 5.73 Å². The molecule has 0 atom stereocenters. The van der Waals surface area contributed by atoms with Crippen molar-refractivity contribution in [3.05, 3.63) is 46.4 Å². The van der Waals surface area contributed by atoms with Crippen LogP contribution in [-0.2, 0) is 5.41 Å². The molecule has 3 rings (SSSR count). The maximum atomic E-state index is 13.2. The van der Waals surface area contributed by atoms with Crippen molar-refractivity contribution in [3.8, 4) is 5.69 Å². The molecule has 2 N–H and O–H groups in total. The number of nitrogens with two attached hydrogens (primary N) is 1. The molecule has 0 aliphatic heterocycles. The summed E-state index contributed by atoms with van der Waals surface area (Å²) >= 11 is 3.52. The molecule has 0 saturated heterocycles. The van der Waals surface area contributed by atoms with Gasteiger partial charge in [-0.25, -0.2) is 9.07 Å². The van der Waals surface area contributed by atoms with Gasteiger partial charge in [-0.1, -0.05) is 6.07 Å². The van der Waals surface area contributed by atoms with E-state index in [2.05, 4.69) is 21.0 Å². The zero-order valence-corrected chi connectivity index (χ0v) is 11.3. The fourth-order valence-electron chi connectivity index (χ4n) is 2.15. The third kappa shape index (κ3) is 1.87. The Morgan fingerprint density at radius 2 is 2.22 bits per heavy atom. The molecule has 1 aliphatic rings. The molecule has 1 aromatic carbocycles. The molecule has 0 unspecified atom stereocenters. The summed E-state index contributed by atoms with van der Waals surface area (Å²) in [4.78, 5) is 0. The van der Waals surface area contributed by atoms with E-state index in [1.807, 2.05) is 12.3 Å². The Morgan fingerprint density at radius 1 is 1.44 bits per heavy atom. The molecule has 1 heterocycles. The highest BCUT2D eigenvalue weighted by Crippen LogP contribution is 2.48. The van der Waals surface area contributed by atoms with Crippen LogP contribution in [0.5, 0.6) is 0 Å². The average Bonchev–Trinajstić information content (AvgIpc) is 3.06. The first-order chi connectivity index (χ1) is 8.64. The lowest BCUT2D eigenvalue weighted by Crippen LogP contribution is -2.21. The van der Waals surface area contributed by atoms with Crippen LogP contribution in [0.15, 0.2) is 34.9 Å².